The molecule has 0 aliphatic rings. The van der Waals surface area contributed by atoms with Gasteiger partial charge in [0.1, 0.15) is 0 Å². The van der Waals surface area contributed by atoms with Crippen LogP contribution in [0, 0.1) is 0 Å². The third-order valence-corrected chi connectivity index (χ3v) is 6.78. The van der Waals surface area contributed by atoms with E-state index in [1.807, 2.05) is 30.3 Å². The molecule has 0 spiro atoms. The maximum absolute atomic E-state index is 15.0. The molecule has 0 amide bonds. The highest BCUT2D eigenvalue weighted by molar-refractivity contribution is 9.10. The molecule has 0 fully saturated rings. The Morgan fingerprint density at radius 3 is 2.19 bits per heavy atom. The van der Waals surface area contributed by atoms with E-state index >= 15 is 8.78 Å². The van der Waals surface area contributed by atoms with Crippen molar-refractivity contribution in [2.75, 3.05) is 13.2 Å². The normalized spacial score (nSPS) is 12.3. The van der Waals surface area contributed by atoms with Gasteiger partial charge in [0, 0.05) is 10.0 Å². The minimum Gasteiger partial charge on any atom is -0.372 e. The number of hydrogen-bond acceptors (Lipinski definition) is 4. The van der Waals surface area contributed by atoms with Crippen LogP contribution in [0.3, 0.4) is 0 Å². The van der Waals surface area contributed by atoms with Crippen LogP contribution in [0.5, 0.6) is 0 Å². The van der Waals surface area contributed by atoms with E-state index in [4.69, 9.17) is 13.8 Å². The molecule has 27 heavy (non-hydrogen) atoms. The van der Waals surface area contributed by atoms with Crippen molar-refractivity contribution in [3.8, 4) is 0 Å². The maximum atomic E-state index is 15.0. The molecule has 0 N–H and O–H groups in total. The van der Waals surface area contributed by atoms with Crippen molar-refractivity contribution >= 4 is 23.5 Å². The molecule has 8 heteroatoms. The summed E-state index contributed by atoms with van der Waals surface area (Å²) in [5.74, 6) is 0. The van der Waals surface area contributed by atoms with E-state index in [1.165, 1.54) is 26.0 Å². The number of ether oxygens (including phenoxy) is 1. The molecular formula is C19H22BrF2O4P. The van der Waals surface area contributed by atoms with Crippen molar-refractivity contribution in [2.24, 2.45) is 0 Å². The van der Waals surface area contributed by atoms with Gasteiger partial charge in [0.15, 0.2) is 0 Å². The molecule has 4 nitrogen and oxygen atoms in total. The number of rotatable bonds is 10. The zero-order valence-corrected chi connectivity index (χ0v) is 17.6. The van der Waals surface area contributed by atoms with Crippen molar-refractivity contribution in [3.63, 3.8) is 0 Å². The molecule has 2 aromatic carbocycles. The van der Waals surface area contributed by atoms with Crippen LogP contribution in [0.25, 0.3) is 0 Å². The predicted molar refractivity (Wildman–Crippen MR) is 104 cm³/mol. The number of hydrogen-bond donors (Lipinski definition) is 0. The highest BCUT2D eigenvalue weighted by Crippen LogP contribution is 2.67. The Hall–Kier alpha value is -1.11. The summed E-state index contributed by atoms with van der Waals surface area (Å²) < 4.78 is 58.2. The first-order chi connectivity index (χ1) is 12.9. The first-order valence-electron chi connectivity index (χ1n) is 8.52. The van der Waals surface area contributed by atoms with E-state index in [0.29, 0.717) is 12.2 Å². The summed E-state index contributed by atoms with van der Waals surface area (Å²) >= 11 is 3.21. The zero-order chi connectivity index (χ0) is 19.9. The highest BCUT2D eigenvalue weighted by Gasteiger charge is 2.55. The molecule has 148 valence electrons. The van der Waals surface area contributed by atoms with Crippen molar-refractivity contribution in [1.82, 2.24) is 0 Å². The fraction of sp³-hybridized carbons (Fsp3) is 0.368. The smallest absolute Gasteiger partial charge is 0.372 e. The Kier molecular flexibility index (Phi) is 8.13. The monoisotopic (exact) mass is 462 g/mol. The van der Waals surface area contributed by atoms with Crippen molar-refractivity contribution in [3.05, 3.63) is 69.7 Å². The summed E-state index contributed by atoms with van der Waals surface area (Å²) in [4.78, 5) is 0. The largest absolute Gasteiger partial charge is 0.404 e. The van der Waals surface area contributed by atoms with Crippen LogP contribution in [0.4, 0.5) is 8.78 Å². The zero-order valence-electron chi connectivity index (χ0n) is 15.2. The molecule has 0 aromatic heterocycles. The predicted octanol–water partition coefficient (Wildman–Crippen LogP) is 6.48. The first kappa shape index (κ1) is 22.2. The third-order valence-electron chi connectivity index (χ3n) is 3.71. The van der Waals surface area contributed by atoms with Gasteiger partial charge in [-0.05, 0) is 40.9 Å². The topological polar surface area (TPSA) is 44.8 Å². The van der Waals surface area contributed by atoms with E-state index in [1.54, 1.807) is 6.07 Å². The molecule has 0 saturated heterocycles. The molecule has 2 rings (SSSR count). The third kappa shape index (κ3) is 5.24. The Bertz CT molecular complexity index is 777. The quantitative estimate of drug-likeness (QED) is 0.379. The fourth-order valence-electron chi connectivity index (χ4n) is 2.46. The van der Waals surface area contributed by atoms with Gasteiger partial charge >= 0.3 is 13.3 Å². The minimum absolute atomic E-state index is 0.118. The van der Waals surface area contributed by atoms with E-state index in [0.717, 1.165) is 5.56 Å². The second kappa shape index (κ2) is 9.89. The van der Waals surface area contributed by atoms with Gasteiger partial charge in [-0.15, -0.1) is 0 Å². The molecule has 0 atom stereocenters. The summed E-state index contributed by atoms with van der Waals surface area (Å²) in [7, 11) is -4.67. The minimum atomic E-state index is -4.67. The van der Waals surface area contributed by atoms with Gasteiger partial charge in [0.25, 0.3) is 0 Å². The lowest BCUT2D eigenvalue weighted by molar-refractivity contribution is 0.0351. The molecule has 0 aliphatic carbocycles. The summed E-state index contributed by atoms with van der Waals surface area (Å²) in [6.45, 7) is 3.15. The molecule has 0 heterocycles. The van der Waals surface area contributed by atoms with Gasteiger partial charge in [-0.2, -0.15) is 8.78 Å². The number of alkyl halides is 2. The van der Waals surface area contributed by atoms with Gasteiger partial charge in [0.2, 0.25) is 0 Å². The lowest BCUT2D eigenvalue weighted by atomic mass is 10.1. The summed E-state index contributed by atoms with van der Waals surface area (Å²) in [5, 5.41) is 0. The molecule has 0 saturated carbocycles. The number of halogens is 3. The Labute approximate surface area is 166 Å². The van der Waals surface area contributed by atoms with Gasteiger partial charge in [0.05, 0.1) is 26.4 Å². The maximum Gasteiger partial charge on any atom is 0.404 e. The lowest BCUT2D eigenvalue weighted by Gasteiger charge is -2.27. The van der Waals surface area contributed by atoms with E-state index < -0.39 is 18.8 Å². The van der Waals surface area contributed by atoms with Crippen LogP contribution < -0.4 is 0 Å². The molecule has 0 radical (unpaired) electrons. The molecular weight excluding hydrogens is 441 g/mol. The van der Waals surface area contributed by atoms with Crippen molar-refractivity contribution in [1.29, 1.82) is 0 Å². The standard InChI is InChI=1S/C19H22BrF2O4P/c1-3-25-27(23,26-4-2)19(21,22)17-12-8-11-16(18(17)20)14-24-13-15-9-6-5-7-10-15/h5-12H,3-4,13-14H2,1-2H3. The molecule has 0 bridgehead atoms. The Morgan fingerprint density at radius 1 is 0.963 bits per heavy atom. The van der Waals surface area contributed by atoms with E-state index in [9.17, 15) is 4.57 Å². The summed E-state index contributed by atoms with van der Waals surface area (Å²) in [6, 6.07) is 13.9. The van der Waals surface area contributed by atoms with E-state index in [2.05, 4.69) is 15.9 Å². The summed E-state index contributed by atoms with van der Waals surface area (Å²) in [5.41, 5.74) is -2.75. The average Bonchev–Trinajstić information content (AvgIpc) is 2.64. The number of benzene rings is 2. The van der Waals surface area contributed by atoms with Crippen LogP contribution >= 0.6 is 23.5 Å². The van der Waals surface area contributed by atoms with Crippen molar-refractivity contribution in [2.45, 2.75) is 32.7 Å². The first-order valence-corrected chi connectivity index (χ1v) is 10.9. The average molecular weight is 463 g/mol. The fourth-order valence-corrected chi connectivity index (χ4v) is 4.80. The Balaban J connectivity index is 2.22. The van der Waals surface area contributed by atoms with Crippen LogP contribution in [-0.2, 0) is 37.2 Å². The molecule has 0 aliphatic heterocycles. The SMILES string of the molecule is CCOP(=O)(OCC)C(F)(F)c1cccc(COCc2ccccc2)c1Br. The van der Waals surface area contributed by atoms with Crippen LogP contribution in [0.2, 0.25) is 0 Å². The van der Waals surface area contributed by atoms with E-state index in [-0.39, 0.29) is 24.3 Å². The van der Waals surface area contributed by atoms with Crippen LogP contribution in [0.15, 0.2) is 53.0 Å². The van der Waals surface area contributed by atoms with Gasteiger partial charge < -0.3 is 13.8 Å². The Morgan fingerprint density at radius 2 is 1.59 bits per heavy atom. The highest BCUT2D eigenvalue weighted by atomic mass is 79.9. The summed E-state index contributed by atoms with van der Waals surface area (Å²) in [6.07, 6.45) is 0. The van der Waals surface area contributed by atoms with Crippen molar-refractivity contribution < 1.29 is 27.1 Å². The second-order valence-corrected chi connectivity index (χ2v) is 8.50. The van der Waals surface area contributed by atoms with Crippen LogP contribution in [-0.4, -0.2) is 13.2 Å². The van der Waals surface area contributed by atoms with Gasteiger partial charge in [-0.1, -0.05) is 48.5 Å². The van der Waals surface area contributed by atoms with Gasteiger partial charge in [-0.25, -0.2) is 0 Å². The van der Waals surface area contributed by atoms with Gasteiger partial charge in [-0.3, -0.25) is 4.57 Å². The van der Waals surface area contributed by atoms with Crippen LogP contribution in [0.1, 0.15) is 30.5 Å². The second-order valence-electron chi connectivity index (χ2n) is 5.63. The molecule has 2 aromatic rings. The molecule has 0 unspecified atom stereocenters. The lowest BCUT2D eigenvalue weighted by Crippen LogP contribution is -2.19.